The minimum absolute atomic E-state index is 0.221. The maximum absolute atomic E-state index is 12.5. The van der Waals surface area contributed by atoms with Crippen LogP contribution >= 0.6 is 0 Å². The Bertz CT molecular complexity index is 406. The Hall–Kier alpha value is -0.870. The number of hydrogen-bond acceptors (Lipinski definition) is 3. The van der Waals surface area contributed by atoms with Gasteiger partial charge in [0, 0.05) is 32.2 Å². The van der Waals surface area contributed by atoms with Gasteiger partial charge in [-0.2, -0.15) is 0 Å². The summed E-state index contributed by atoms with van der Waals surface area (Å²) in [5.41, 5.74) is 0. The van der Waals surface area contributed by atoms with Crippen LogP contribution in [0.15, 0.2) is 12.7 Å². The maximum atomic E-state index is 12.5. The third kappa shape index (κ3) is 4.82. The maximum Gasteiger partial charge on any atom is 0.226 e. The summed E-state index contributed by atoms with van der Waals surface area (Å²) in [6.45, 7) is 8.71. The highest BCUT2D eigenvalue weighted by molar-refractivity contribution is 5.77. The zero-order valence-corrected chi connectivity index (χ0v) is 15.1. The van der Waals surface area contributed by atoms with E-state index in [0.29, 0.717) is 12.3 Å². The number of likely N-dealkylation sites (tertiary alicyclic amines) is 1. The average molecular weight is 335 g/mol. The van der Waals surface area contributed by atoms with Crippen LogP contribution in [0, 0.1) is 5.92 Å². The second-order valence-electron chi connectivity index (χ2n) is 7.84. The first-order valence-electron chi connectivity index (χ1n) is 10.0. The fourth-order valence-electron chi connectivity index (χ4n) is 4.65. The summed E-state index contributed by atoms with van der Waals surface area (Å²) in [5, 5.41) is 0. The van der Waals surface area contributed by atoms with E-state index < -0.39 is 0 Å². The van der Waals surface area contributed by atoms with Gasteiger partial charge >= 0.3 is 0 Å². The molecule has 0 aromatic rings. The van der Waals surface area contributed by atoms with Crippen LogP contribution < -0.4 is 0 Å². The van der Waals surface area contributed by atoms with Gasteiger partial charge in [-0.05, 0) is 57.5 Å². The van der Waals surface area contributed by atoms with Crippen molar-refractivity contribution in [2.45, 2.75) is 69.9 Å². The Morgan fingerprint density at radius 3 is 2.46 bits per heavy atom. The van der Waals surface area contributed by atoms with Gasteiger partial charge in [-0.15, -0.1) is 6.58 Å². The number of carbonyl (C=O) groups excluding carboxylic acids is 1. The van der Waals surface area contributed by atoms with Crippen molar-refractivity contribution in [2.75, 3.05) is 32.8 Å². The van der Waals surface area contributed by atoms with Crippen LogP contribution in [0.2, 0.25) is 0 Å². The molecule has 0 N–H and O–H groups in total. The van der Waals surface area contributed by atoms with Crippen LogP contribution in [0.1, 0.15) is 57.8 Å². The monoisotopic (exact) mass is 334 g/mol. The third-order valence-electron chi connectivity index (χ3n) is 6.09. The Balaban J connectivity index is 1.48. The topological polar surface area (TPSA) is 32.8 Å². The van der Waals surface area contributed by atoms with Gasteiger partial charge < -0.3 is 14.5 Å². The van der Waals surface area contributed by atoms with Crippen LogP contribution in [0.4, 0.5) is 0 Å². The number of nitrogens with zero attached hydrogens (tertiary/aromatic N) is 2. The molecule has 0 unspecified atom stereocenters. The number of piperidine rings is 1. The first-order valence-corrected chi connectivity index (χ1v) is 10.0. The molecule has 2 saturated heterocycles. The SMILES string of the molecule is C=CCC(=O)N(CC1CCN(C2CCCC2)CC1)C[C@@H]1CCCO1. The van der Waals surface area contributed by atoms with Gasteiger partial charge in [-0.1, -0.05) is 18.9 Å². The van der Waals surface area contributed by atoms with Gasteiger partial charge in [0.05, 0.1) is 6.10 Å². The molecule has 3 aliphatic rings. The standard InChI is InChI=1S/C20H34N2O2/c1-2-6-20(23)22(16-19-9-5-14-24-19)15-17-10-12-21(13-11-17)18-7-3-4-8-18/h2,17-19H,1,3-16H2/t19-/m0/s1. The van der Waals surface area contributed by atoms with E-state index in [0.717, 1.165) is 38.6 Å². The lowest BCUT2D eigenvalue weighted by molar-refractivity contribution is -0.132. The summed E-state index contributed by atoms with van der Waals surface area (Å²) in [6.07, 6.45) is 12.7. The summed E-state index contributed by atoms with van der Waals surface area (Å²) in [6, 6.07) is 0.844. The molecule has 136 valence electrons. The number of amides is 1. The quantitative estimate of drug-likeness (QED) is 0.670. The number of rotatable bonds is 7. The second-order valence-corrected chi connectivity index (χ2v) is 7.84. The molecule has 2 heterocycles. The highest BCUT2D eigenvalue weighted by Crippen LogP contribution is 2.28. The highest BCUT2D eigenvalue weighted by atomic mass is 16.5. The van der Waals surface area contributed by atoms with E-state index in [9.17, 15) is 4.79 Å². The lowest BCUT2D eigenvalue weighted by atomic mass is 9.94. The lowest BCUT2D eigenvalue weighted by Crippen LogP contribution is -2.45. The number of ether oxygens (including phenoxy) is 1. The number of hydrogen-bond donors (Lipinski definition) is 0. The van der Waals surface area contributed by atoms with Gasteiger partial charge in [-0.3, -0.25) is 4.79 Å². The number of carbonyl (C=O) groups is 1. The molecule has 3 fully saturated rings. The molecule has 1 amide bonds. The Morgan fingerprint density at radius 1 is 1.08 bits per heavy atom. The predicted molar refractivity (Wildman–Crippen MR) is 96.9 cm³/mol. The van der Waals surface area contributed by atoms with Crippen molar-refractivity contribution in [3.8, 4) is 0 Å². The molecular weight excluding hydrogens is 300 g/mol. The normalized spacial score (nSPS) is 26.8. The summed E-state index contributed by atoms with van der Waals surface area (Å²) < 4.78 is 5.76. The smallest absolute Gasteiger partial charge is 0.226 e. The fourth-order valence-corrected chi connectivity index (χ4v) is 4.65. The van der Waals surface area contributed by atoms with Gasteiger partial charge in [0.2, 0.25) is 5.91 Å². The minimum atomic E-state index is 0.221. The van der Waals surface area contributed by atoms with E-state index in [1.54, 1.807) is 6.08 Å². The first-order chi connectivity index (χ1) is 11.8. The molecule has 1 saturated carbocycles. The molecule has 24 heavy (non-hydrogen) atoms. The molecule has 1 aliphatic carbocycles. The molecule has 0 radical (unpaired) electrons. The van der Waals surface area contributed by atoms with Crippen LogP contribution in [0.3, 0.4) is 0 Å². The Kier molecular flexibility index (Phi) is 6.73. The van der Waals surface area contributed by atoms with E-state index in [1.807, 2.05) is 0 Å². The summed E-state index contributed by atoms with van der Waals surface area (Å²) in [5.74, 6) is 0.872. The van der Waals surface area contributed by atoms with E-state index in [2.05, 4.69) is 16.4 Å². The zero-order chi connectivity index (χ0) is 16.8. The van der Waals surface area contributed by atoms with E-state index in [-0.39, 0.29) is 12.0 Å². The van der Waals surface area contributed by atoms with Crippen molar-refractivity contribution in [2.24, 2.45) is 5.92 Å². The predicted octanol–water partition coefficient (Wildman–Crippen LogP) is 3.22. The highest BCUT2D eigenvalue weighted by Gasteiger charge is 2.29. The van der Waals surface area contributed by atoms with Crippen molar-refractivity contribution in [1.82, 2.24) is 9.80 Å². The van der Waals surface area contributed by atoms with Crippen molar-refractivity contribution < 1.29 is 9.53 Å². The van der Waals surface area contributed by atoms with Crippen LogP contribution in [-0.4, -0.2) is 60.6 Å². The van der Waals surface area contributed by atoms with E-state index in [1.165, 1.54) is 51.6 Å². The largest absolute Gasteiger partial charge is 0.376 e. The fraction of sp³-hybridized carbons (Fsp3) is 0.850. The minimum Gasteiger partial charge on any atom is -0.376 e. The molecular formula is C20H34N2O2. The molecule has 0 spiro atoms. The van der Waals surface area contributed by atoms with E-state index in [4.69, 9.17) is 4.74 Å². The third-order valence-corrected chi connectivity index (χ3v) is 6.09. The molecule has 1 atom stereocenters. The van der Waals surface area contributed by atoms with Crippen molar-refractivity contribution >= 4 is 5.91 Å². The van der Waals surface area contributed by atoms with Gasteiger partial charge in [0.15, 0.2) is 0 Å². The van der Waals surface area contributed by atoms with Crippen LogP contribution in [-0.2, 0) is 9.53 Å². The molecule has 3 rings (SSSR count). The van der Waals surface area contributed by atoms with Gasteiger partial charge in [0.25, 0.3) is 0 Å². The first kappa shape index (κ1) is 17.9. The van der Waals surface area contributed by atoms with Crippen LogP contribution in [0.25, 0.3) is 0 Å². The second kappa shape index (κ2) is 9.00. The average Bonchev–Trinajstić information content (AvgIpc) is 3.29. The summed E-state index contributed by atoms with van der Waals surface area (Å²) >= 11 is 0. The summed E-state index contributed by atoms with van der Waals surface area (Å²) in [7, 11) is 0. The summed E-state index contributed by atoms with van der Waals surface area (Å²) in [4.78, 5) is 17.2. The Labute approximate surface area is 147 Å². The zero-order valence-electron chi connectivity index (χ0n) is 15.1. The lowest BCUT2D eigenvalue weighted by Gasteiger charge is -2.38. The van der Waals surface area contributed by atoms with Crippen molar-refractivity contribution in [3.63, 3.8) is 0 Å². The molecule has 4 nitrogen and oxygen atoms in total. The molecule has 2 aliphatic heterocycles. The van der Waals surface area contributed by atoms with E-state index >= 15 is 0 Å². The molecule has 0 aromatic carbocycles. The van der Waals surface area contributed by atoms with Gasteiger partial charge in [0.1, 0.15) is 0 Å². The Morgan fingerprint density at radius 2 is 1.83 bits per heavy atom. The molecule has 4 heteroatoms. The van der Waals surface area contributed by atoms with Crippen LogP contribution in [0.5, 0.6) is 0 Å². The van der Waals surface area contributed by atoms with Crippen molar-refractivity contribution in [1.29, 1.82) is 0 Å². The van der Waals surface area contributed by atoms with Gasteiger partial charge in [-0.25, -0.2) is 0 Å². The molecule has 0 aromatic heterocycles. The van der Waals surface area contributed by atoms with Crippen molar-refractivity contribution in [3.05, 3.63) is 12.7 Å². The molecule has 0 bridgehead atoms.